The first-order valence-corrected chi connectivity index (χ1v) is 6.88. The van der Waals surface area contributed by atoms with E-state index in [9.17, 15) is 4.79 Å². The summed E-state index contributed by atoms with van der Waals surface area (Å²) in [6.45, 7) is 2.92. The van der Waals surface area contributed by atoms with Crippen molar-refractivity contribution in [1.29, 1.82) is 0 Å². The quantitative estimate of drug-likeness (QED) is 0.835. The van der Waals surface area contributed by atoms with Crippen LogP contribution in [0.15, 0.2) is 18.2 Å². The Balaban J connectivity index is 2.30. The molecule has 0 aliphatic carbocycles. The van der Waals surface area contributed by atoms with E-state index in [1.54, 1.807) is 18.2 Å². The van der Waals surface area contributed by atoms with E-state index in [1.165, 1.54) is 6.42 Å². The number of amides is 1. The highest BCUT2D eigenvalue weighted by Gasteiger charge is 2.28. The summed E-state index contributed by atoms with van der Waals surface area (Å²) < 4.78 is 0. The van der Waals surface area contributed by atoms with E-state index in [2.05, 4.69) is 6.92 Å². The molecule has 2 N–H and O–H groups in total. The molecule has 1 aliphatic heterocycles. The molecule has 2 rings (SSSR count). The van der Waals surface area contributed by atoms with E-state index < -0.39 is 0 Å². The molecule has 98 valence electrons. The minimum Gasteiger partial charge on any atom is -0.398 e. The van der Waals surface area contributed by atoms with Gasteiger partial charge in [-0.05, 0) is 37.8 Å². The number of nitrogens with two attached hydrogens (primary N) is 1. The van der Waals surface area contributed by atoms with Gasteiger partial charge in [0.05, 0.1) is 10.6 Å². The molecule has 3 nitrogen and oxygen atoms in total. The van der Waals surface area contributed by atoms with Gasteiger partial charge in [0.1, 0.15) is 0 Å². The SMILES string of the molecule is CCC1CCCCN1C(=O)c1c(N)cccc1Cl. The minimum absolute atomic E-state index is 0.0235. The van der Waals surface area contributed by atoms with Crippen LogP contribution in [0, 0.1) is 0 Å². The molecule has 0 aromatic heterocycles. The lowest BCUT2D eigenvalue weighted by molar-refractivity contribution is 0.0609. The Kier molecular flexibility index (Phi) is 4.12. The van der Waals surface area contributed by atoms with Gasteiger partial charge in [0.25, 0.3) is 5.91 Å². The molecule has 0 radical (unpaired) electrons. The van der Waals surface area contributed by atoms with E-state index in [1.807, 2.05) is 4.90 Å². The van der Waals surface area contributed by atoms with Crippen molar-refractivity contribution >= 4 is 23.2 Å². The molecule has 0 bridgehead atoms. The van der Waals surface area contributed by atoms with Crippen LogP contribution >= 0.6 is 11.6 Å². The molecule has 1 atom stereocenters. The molecule has 4 heteroatoms. The van der Waals surface area contributed by atoms with Gasteiger partial charge in [-0.2, -0.15) is 0 Å². The van der Waals surface area contributed by atoms with E-state index >= 15 is 0 Å². The van der Waals surface area contributed by atoms with Crippen molar-refractivity contribution in [3.05, 3.63) is 28.8 Å². The van der Waals surface area contributed by atoms with Gasteiger partial charge in [0, 0.05) is 18.3 Å². The summed E-state index contributed by atoms with van der Waals surface area (Å²) in [5.41, 5.74) is 6.81. The number of benzene rings is 1. The first kappa shape index (κ1) is 13.2. The molecule has 1 aromatic carbocycles. The van der Waals surface area contributed by atoms with Crippen LogP contribution in [-0.4, -0.2) is 23.4 Å². The zero-order valence-electron chi connectivity index (χ0n) is 10.7. The van der Waals surface area contributed by atoms with Crippen LogP contribution in [0.2, 0.25) is 5.02 Å². The minimum atomic E-state index is -0.0235. The lowest BCUT2D eigenvalue weighted by Crippen LogP contribution is -2.43. The van der Waals surface area contributed by atoms with Crippen LogP contribution in [0.25, 0.3) is 0 Å². The molecule has 0 spiro atoms. The molecule has 1 fully saturated rings. The highest BCUT2D eigenvalue weighted by molar-refractivity contribution is 6.34. The number of nitrogens with zero attached hydrogens (tertiary/aromatic N) is 1. The van der Waals surface area contributed by atoms with Crippen LogP contribution in [-0.2, 0) is 0 Å². The van der Waals surface area contributed by atoms with Crippen LogP contribution in [0.5, 0.6) is 0 Å². The lowest BCUT2D eigenvalue weighted by atomic mass is 9.98. The van der Waals surface area contributed by atoms with E-state index in [4.69, 9.17) is 17.3 Å². The number of carbonyl (C=O) groups excluding carboxylic acids is 1. The Morgan fingerprint density at radius 2 is 2.28 bits per heavy atom. The number of nitrogen functional groups attached to an aromatic ring is 1. The maximum Gasteiger partial charge on any atom is 0.257 e. The largest absolute Gasteiger partial charge is 0.398 e. The number of hydrogen-bond acceptors (Lipinski definition) is 2. The Labute approximate surface area is 113 Å². The third kappa shape index (κ3) is 2.46. The first-order valence-electron chi connectivity index (χ1n) is 6.50. The molecular formula is C14H19ClN2O. The summed E-state index contributed by atoms with van der Waals surface area (Å²) >= 11 is 6.11. The third-order valence-corrected chi connectivity index (χ3v) is 3.93. The van der Waals surface area contributed by atoms with E-state index in [-0.39, 0.29) is 5.91 Å². The lowest BCUT2D eigenvalue weighted by Gasteiger charge is -2.35. The van der Waals surface area contributed by atoms with Gasteiger partial charge in [-0.3, -0.25) is 4.79 Å². The molecule has 1 amide bonds. The summed E-state index contributed by atoms with van der Waals surface area (Å²) in [5.74, 6) is -0.0235. The Hall–Kier alpha value is -1.22. The zero-order valence-corrected chi connectivity index (χ0v) is 11.4. The summed E-state index contributed by atoms with van der Waals surface area (Å²) in [5, 5.41) is 0.445. The molecular weight excluding hydrogens is 248 g/mol. The van der Waals surface area contributed by atoms with Gasteiger partial charge < -0.3 is 10.6 Å². The Morgan fingerprint density at radius 1 is 1.50 bits per heavy atom. The van der Waals surface area contributed by atoms with Crippen molar-refractivity contribution in [2.45, 2.75) is 38.6 Å². The summed E-state index contributed by atoms with van der Waals surface area (Å²) in [7, 11) is 0. The zero-order chi connectivity index (χ0) is 13.1. The van der Waals surface area contributed by atoms with Crippen molar-refractivity contribution in [2.75, 3.05) is 12.3 Å². The van der Waals surface area contributed by atoms with Gasteiger partial charge in [0.2, 0.25) is 0 Å². The van der Waals surface area contributed by atoms with Gasteiger partial charge in [-0.25, -0.2) is 0 Å². The monoisotopic (exact) mass is 266 g/mol. The molecule has 0 saturated carbocycles. The summed E-state index contributed by atoms with van der Waals surface area (Å²) in [6.07, 6.45) is 4.32. The number of hydrogen-bond donors (Lipinski definition) is 1. The molecule has 1 aromatic rings. The maximum absolute atomic E-state index is 12.6. The molecule has 1 saturated heterocycles. The summed E-state index contributed by atoms with van der Waals surface area (Å²) in [6, 6.07) is 5.53. The molecule has 1 aliphatic rings. The maximum atomic E-state index is 12.6. The smallest absolute Gasteiger partial charge is 0.257 e. The second-order valence-corrected chi connectivity index (χ2v) is 5.17. The van der Waals surface area contributed by atoms with Gasteiger partial charge >= 0.3 is 0 Å². The predicted octanol–water partition coefficient (Wildman–Crippen LogP) is 3.33. The fraction of sp³-hybridized carbons (Fsp3) is 0.500. The normalized spacial score (nSPS) is 19.9. The van der Waals surface area contributed by atoms with Gasteiger partial charge in [-0.1, -0.05) is 24.6 Å². The average molecular weight is 267 g/mol. The Bertz CT molecular complexity index is 427. The molecule has 1 heterocycles. The highest BCUT2D eigenvalue weighted by atomic mass is 35.5. The molecule has 18 heavy (non-hydrogen) atoms. The number of rotatable bonds is 2. The summed E-state index contributed by atoms with van der Waals surface area (Å²) in [4.78, 5) is 14.5. The number of piperidine rings is 1. The second kappa shape index (κ2) is 5.61. The fourth-order valence-electron chi connectivity index (χ4n) is 2.60. The Morgan fingerprint density at radius 3 is 2.94 bits per heavy atom. The number of carbonyl (C=O) groups is 1. The van der Waals surface area contributed by atoms with Crippen molar-refractivity contribution in [3.63, 3.8) is 0 Å². The van der Waals surface area contributed by atoms with Gasteiger partial charge in [-0.15, -0.1) is 0 Å². The predicted molar refractivity (Wildman–Crippen MR) is 74.8 cm³/mol. The highest BCUT2D eigenvalue weighted by Crippen LogP contribution is 2.27. The fourth-order valence-corrected chi connectivity index (χ4v) is 2.87. The van der Waals surface area contributed by atoms with Crippen LogP contribution in [0.4, 0.5) is 5.69 Å². The van der Waals surface area contributed by atoms with Crippen molar-refractivity contribution in [1.82, 2.24) is 4.90 Å². The third-order valence-electron chi connectivity index (χ3n) is 3.62. The number of likely N-dealkylation sites (tertiary alicyclic amines) is 1. The van der Waals surface area contributed by atoms with E-state index in [0.29, 0.717) is 22.3 Å². The van der Waals surface area contributed by atoms with Crippen molar-refractivity contribution < 1.29 is 4.79 Å². The topological polar surface area (TPSA) is 46.3 Å². The first-order chi connectivity index (χ1) is 8.65. The van der Waals surface area contributed by atoms with Crippen LogP contribution in [0.1, 0.15) is 43.0 Å². The van der Waals surface area contributed by atoms with Crippen molar-refractivity contribution in [2.24, 2.45) is 0 Å². The van der Waals surface area contributed by atoms with Crippen LogP contribution < -0.4 is 5.73 Å². The second-order valence-electron chi connectivity index (χ2n) is 4.76. The van der Waals surface area contributed by atoms with Crippen molar-refractivity contribution in [3.8, 4) is 0 Å². The van der Waals surface area contributed by atoms with Crippen LogP contribution in [0.3, 0.4) is 0 Å². The number of anilines is 1. The number of halogens is 1. The standard InChI is InChI=1S/C14H19ClN2O/c1-2-10-6-3-4-9-17(10)14(18)13-11(15)7-5-8-12(13)16/h5,7-8,10H,2-4,6,9,16H2,1H3. The molecule has 1 unspecified atom stereocenters. The van der Waals surface area contributed by atoms with Gasteiger partial charge in [0.15, 0.2) is 0 Å². The average Bonchev–Trinajstić information content (AvgIpc) is 2.38. The van der Waals surface area contributed by atoms with E-state index in [0.717, 1.165) is 25.8 Å².